The number of aliphatic hydroxyl groups excluding tert-OH is 1. The molecule has 0 saturated heterocycles. The minimum atomic E-state index is -0.359. The Morgan fingerprint density at radius 3 is 2.21 bits per heavy atom. The first-order chi connectivity index (χ1) is 9.10. The van der Waals surface area contributed by atoms with Crippen molar-refractivity contribution in [1.29, 1.82) is 0 Å². The Labute approximate surface area is 113 Å². The summed E-state index contributed by atoms with van der Waals surface area (Å²) in [5.74, 6) is 0.278. The number of aliphatic hydroxyl groups is 1. The summed E-state index contributed by atoms with van der Waals surface area (Å²) in [7, 11) is 0. The van der Waals surface area contributed by atoms with Crippen molar-refractivity contribution in [1.82, 2.24) is 0 Å². The maximum absolute atomic E-state index is 13.3. The van der Waals surface area contributed by atoms with E-state index in [2.05, 4.69) is 26.0 Å². The third-order valence-corrected chi connectivity index (χ3v) is 3.15. The average molecular weight is 258 g/mol. The molecule has 0 fully saturated rings. The fourth-order valence-corrected chi connectivity index (χ4v) is 2.18. The molecule has 0 unspecified atom stereocenters. The molecular formula is C17H19FO. The Kier molecular flexibility index (Phi) is 4.33. The van der Waals surface area contributed by atoms with Crippen LogP contribution < -0.4 is 0 Å². The van der Waals surface area contributed by atoms with E-state index in [0.29, 0.717) is 11.5 Å². The summed E-state index contributed by atoms with van der Waals surface area (Å²) >= 11 is 0. The highest BCUT2D eigenvalue weighted by Gasteiger charge is 2.05. The molecule has 0 saturated carbocycles. The van der Waals surface area contributed by atoms with Gasteiger partial charge in [0, 0.05) is 5.56 Å². The fourth-order valence-electron chi connectivity index (χ4n) is 2.18. The van der Waals surface area contributed by atoms with Crippen LogP contribution >= 0.6 is 0 Å². The lowest BCUT2D eigenvalue weighted by Crippen LogP contribution is -1.94. The molecule has 0 aromatic heterocycles. The van der Waals surface area contributed by atoms with Crippen LogP contribution in [0, 0.1) is 11.7 Å². The molecule has 2 rings (SSSR count). The van der Waals surface area contributed by atoms with Crippen molar-refractivity contribution in [2.24, 2.45) is 5.92 Å². The van der Waals surface area contributed by atoms with Crippen LogP contribution in [0.2, 0.25) is 0 Å². The predicted octanol–water partition coefficient (Wildman–Crippen LogP) is 4.18. The van der Waals surface area contributed by atoms with E-state index >= 15 is 0 Å². The summed E-state index contributed by atoms with van der Waals surface area (Å²) < 4.78 is 13.3. The molecule has 1 nitrogen and oxygen atoms in total. The molecule has 2 aromatic carbocycles. The second kappa shape index (κ2) is 5.98. The Balaban J connectivity index is 2.27. The van der Waals surface area contributed by atoms with Gasteiger partial charge in [-0.15, -0.1) is 0 Å². The van der Waals surface area contributed by atoms with Gasteiger partial charge in [-0.25, -0.2) is 4.39 Å². The molecule has 19 heavy (non-hydrogen) atoms. The molecule has 0 aliphatic heterocycles. The number of hydrogen-bond donors (Lipinski definition) is 1. The van der Waals surface area contributed by atoms with Gasteiger partial charge in [-0.2, -0.15) is 0 Å². The Morgan fingerprint density at radius 2 is 1.63 bits per heavy atom. The lowest BCUT2D eigenvalue weighted by Gasteiger charge is -2.08. The normalized spacial score (nSPS) is 11.0. The molecule has 0 radical (unpaired) electrons. The quantitative estimate of drug-likeness (QED) is 0.872. The zero-order valence-corrected chi connectivity index (χ0v) is 11.4. The number of rotatable bonds is 4. The van der Waals surface area contributed by atoms with Crippen LogP contribution in [0.1, 0.15) is 25.0 Å². The van der Waals surface area contributed by atoms with Crippen LogP contribution in [-0.4, -0.2) is 5.11 Å². The minimum absolute atomic E-state index is 0.273. The smallest absolute Gasteiger partial charge is 0.128 e. The van der Waals surface area contributed by atoms with E-state index in [4.69, 9.17) is 5.11 Å². The highest BCUT2D eigenvalue weighted by molar-refractivity contribution is 5.64. The van der Waals surface area contributed by atoms with E-state index in [-0.39, 0.29) is 12.4 Å². The van der Waals surface area contributed by atoms with Crippen LogP contribution in [-0.2, 0) is 13.0 Å². The largest absolute Gasteiger partial charge is 0.392 e. The number of benzene rings is 2. The van der Waals surface area contributed by atoms with Crippen molar-refractivity contribution in [3.05, 3.63) is 59.4 Å². The van der Waals surface area contributed by atoms with Gasteiger partial charge in [0.05, 0.1) is 6.61 Å². The van der Waals surface area contributed by atoms with Gasteiger partial charge in [0.25, 0.3) is 0 Å². The third-order valence-electron chi connectivity index (χ3n) is 3.15. The van der Waals surface area contributed by atoms with Crippen molar-refractivity contribution in [2.75, 3.05) is 0 Å². The van der Waals surface area contributed by atoms with E-state index in [0.717, 1.165) is 17.5 Å². The predicted molar refractivity (Wildman–Crippen MR) is 76.3 cm³/mol. The molecule has 0 aliphatic rings. The Morgan fingerprint density at radius 1 is 1.00 bits per heavy atom. The topological polar surface area (TPSA) is 20.2 Å². The number of halogens is 1. The van der Waals surface area contributed by atoms with Crippen LogP contribution in [0.4, 0.5) is 4.39 Å². The maximum Gasteiger partial charge on any atom is 0.128 e. The van der Waals surface area contributed by atoms with Gasteiger partial charge in [0.1, 0.15) is 5.82 Å². The van der Waals surface area contributed by atoms with Crippen LogP contribution in [0.5, 0.6) is 0 Å². The molecule has 0 amide bonds. The first kappa shape index (κ1) is 13.8. The lowest BCUT2D eigenvalue weighted by molar-refractivity contribution is 0.276. The summed E-state index contributed by atoms with van der Waals surface area (Å²) in [4.78, 5) is 0. The molecule has 1 N–H and O–H groups in total. The summed E-state index contributed by atoms with van der Waals surface area (Å²) in [6, 6.07) is 13.2. The van der Waals surface area contributed by atoms with Crippen LogP contribution in [0.25, 0.3) is 11.1 Å². The Bertz CT molecular complexity index is 544. The molecule has 0 aliphatic carbocycles. The summed E-state index contributed by atoms with van der Waals surface area (Å²) in [5, 5.41) is 9.09. The fraction of sp³-hybridized carbons (Fsp3) is 0.294. The van der Waals surface area contributed by atoms with Gasteiger partial charge in [-0.05, 0) is 41.2 Å². The van der Waals surface area contributed by atoms with Crippen LogP contribution in [0.15, 0.2) is 42.5 Å². The standard InChI is InChI=1S/C17H19FO/c1-12(2)9-13-3-5-14(6-4-13)15-7-8-17(18)16(10-15)11-19/h3-8,10,12,19H,9,11H2,1-2H3. The van der Waals surface area contributed by atoms with Crippen LogP contribution in [0.3, 0.4) is 0 Å². The first-order valence-electron chi connectivity index (χ1n) is 6.58. The summed E-state index contributed by atoms with van der Waals surface area (Å²) in [6.07, 6.45) is 1.06. The second-order valence-electron chi connectivity index (χ2n) is 5.26. The lowest BCUT2D eigenvalue weighted by atomic mass is 9.98. The Hall–Kier alpha value is -1.67. The molecule has 2 heteroatoms. The van der Waals surface area contributed by atoms with Gasteiger partial charge in [-0.1, -0.05) is 44.2 Å². The SMILES string of the molecule is CC(C)Cc1ccc(-c2ccc(F)c(CO)c2)cc1. The zero-order chi connectivity index (χ0) is 13.8. The molecule has 0 atom stereocenters. The van der Waals surface area contributed by atoms with Gasteiger partial charge in [0.2, 0.25) is 0 Å². The van der Waals surface area contributed by atoms with Gasteiger partial charge in [-0.3, -0.25) is 0 Å². The van der Waals surface area contributed by atoms with Crippen molar-refractivity contribution < 1.29 is 9.50 Å². The van der Waals surface area contributed by atoms with E-state index in [1.165, 1.54) is 11.6 Å². The van der Waals surface area contributed by atoms with Crippen molar-refractivity contribution in [2.45, 2.75) is 26.9 Å². The van der Waals surface area contributed by atoms with E-state index in [1.807, 2.05) is 12.1 Å². The summed E-state index contributed by atoms with van der Waals surface area (Å²) in [6.45, 7) is 4.12. The average Bonchev–Trinajstić information content (AvgIpc) is 2.40. The molecule has 0 heterocycles. The molecule has 100 valence electrons. The van der Waals surface area contributed by atoms with Crippen molar-refractivity contribution >= 4 is 0 Å². The summed E-state index contributed by atoms with van der Waals surface area (Å²) in [5.41, 5.74) is 3.62. The number of hydrogen-bond acceptors (Lipinski definition) is 1. The highest BCUT2D eigenvalue weighted by atomic mass is 19.1. The maximum atomic E-state index is 13.3. The molecule has 0 spiro atoms. The third kappa shape index (κ3) is 3.42. The van der Waals surface area contributed by atoms with E-state index in [9.17, 15) is 4.39 Å². The monoisotopic (exact) mass is 258 g/mol. The molecular weight excluding hydrogens is 239 g/mol. The minimum Gasteiger partial charge on any atom is -0.392 e. The zero-order valence-electron chi connectivity index (χ0n) is 11.4. The first-order valence-corrected chi connectivity index (χ1v) is 6.58. The molecule has 0 bridgehead atoms. The van der Waals surface area contributed by atoms with Gasteiger partial charge in [0.15, 0.2) is 0 Å². The van der Waals surface area contributed by atoms with Gasteiger partial charge >= 0.3 is 0 Å². The van der Waals surface area contributed by atoms with Gasteiger partial charge < -0.3 is 5.11 Å². The van der Waals surface area contributed by atoms with Crippen molar-refractivity contribution in [3.63, 3.8) is 0 Å². The highest BCUT2D eigenvalue weighted by Crippen LogP contribution is 2.23. The second-order valence-corrected chi connectivity index (χ2v) is 5.26. The van der Waals surface area contributed by atoms with E-state index < -0.39 is 0 Å². The van der Waals surface area contributed by atoms with Crippen molar-refractivity contribution in [3.8, 4) is 11.1 Å². The van der Waals surface area contributed by atoms with E-state index in [1.54, 1.807) is 12.1 Å². The molecule has 2 aromatic rings.